The normalized spacial score (nSPS) is 12.0. The van der Waals surface area contributed by atoms with Gasteiger partial charge in [-0.15, -0.1) is 0 Å². The van der Waals surface area contributed by atoms with Gasteiger partial charge in [-0.1, -0.05) is 13.3 Å². The maximum Gasteiger partial charge on any atom is 0.408 e. The van der Waals surface area contributed by atoms with Crippen molar-refractivity contribution in [2.24, 2.45) is 0 Å². The Labute approximate surface area is 92.6 Å². The number of hydrogen-bond acceptors (Lipinski definition) is 2. The average Bonchev–Trinajstić information content (AvgIpc) is 2.58. The zero-order valence-electron chi connectivity index (χ0n) is 9.22. The van der Waals surface area contributed by atoms with Gasteiger partial charge in [0, 0.05) is 12.7 Å². The Bertz CT molecular complexity index is 307. The van der Waals surface area contributed by atoms with Gasteiger partial charge in [-0.3, -0.25) is 4.68 Å². The first-order chi connectivity index (χ1) is 7.51. The van der Waals surface area contributed by atoms with Crippen molar-refractivity contribution in [3.63, 3.8) is 0 Å². The van der Waals surface area contributed by atoms with Crippen molar-refractivity contribution >= 4 is 0 Å². The number of alkyl halides is 3. The number of rotatable bonds is 6. The van der Waals surface area contributed by atoms with Gasteiger partial charge in [0.05, 0.1) is 5.69 Å². The summed E-state index contributed by atoms with van der Waals surface area (Å²) in [6.45, 7) is 2.44. The molecule has 0 spiro atoms. The summed E-state index contributed by atoms with van der Waals surface area (Å²) in [5.41, 5.74) is 0.639. The van der Waals surface area contributed by atoms with Gasteiger partial charge in [0.15, 0.2) is 0 Å². The second kappa shape index (κ2) is 5.89. The van der Waals surface area contributed by atoms with E-state index in [-0.39, 0.29) is 0 Å². The lowest BCUT2D eigenvalue weighted by Gasteiger charge is -2.05. The summed E-state index contributed by atoms with van der Waals surface area (Å²) in [4.78, 5) is 0. The fourth-order valence-electron chi connectivity index (χ4n) is 1.29. The predicted octanol–water partition coefficient (Wildman–Crippen LogP) is 2.34. The monoisotopic (exact) mass is 235 g/mol. The quantitative estimate of drug-likeness (QED) is 0.767. The molecule has 0 aliphatic heterocycles. The van der Waals surface area contributed by atoms with Gasteiger partial charge in [-0.25, -0.2) is 0 Å². The van der Waals surface area contributed by atoms with E-state index in [1.807, 2.05) is 0 Å². The molecule has 1 aromatic rings. The molecule has 1 aromatic heterocycles. The van der Waals surface area contributed by atoms with E-state index >= 15 is 0 Å². The minimum atomic E-state index is -4.21. The van der Waals surface area contributed by atoms with Crippen LogP contribution in [0.4, 0.5) is 13.2 Å². The Balaban J connectivity index is 2.34. The SMILES string of the molecule is CCCCNCc1ccn(CC(F)(F)F)n1. The highest BCUT2D eigenvalue weighted by Gasteiger charge is 2.28. The first-order valence-electron chi connectivity index (χ1n) is 5.31. The summed E-state index contributed by atoms with van der Waals surface area (Å²) in [5, 5.41) is 6.95. The van der Waals surface area contributed by atoms with Gasteiger partial charge in [0.1, 0.15) is 6.54 Å². The van der Waals surface area contributed by atoms with Crippen molar-refractivity contribution in [3.8, 4) is 0 Å². The van der Waals surface area contributed by atoms with E-state index in [0.29, 0.717) is 12.2 Å². The van der Waals surface area contributed by atoms with Crippen molar-refractivity contribution in [3.05, 3.63) is 18.0 Å². The lowest BCUT2D eigenvalue weighted by atomic mass is 10.3. The molecule has 1 N–H and O–H groups in total. The number of nitrogens with one attached hydrogen (secondary N) is 1. The Kier molecular flexibility index (Phi) is 4.79. The summed E-state index contributed by atoms with van der Waals surface area (Å²) in [5.74, 6) is 0. The van der Waals surface area contributed by atoms with Crippen LogP contribution in [0, 0.1) is 0 Å². The van der Waals surface area contributed by atoms with Gasteiger partial charge in [0.2, 0.25) is 0 Å². The van der Waals surface area contributed by atoms with E-state index in [4.69, 9.17) is 0 Å². The second-order valence-corrected chi connectivity index (χ2v) is 3.65. The molecule has 0 fully saturated rings. The van der Waals surface area contributed by atoms with Gasteiger partial charge in [-0.05, 0) is 19.0 Å². The molecule has 0 bridgehead atoms. The van der Waals surface area contributed by atoms with E-state index in [1.54, 1.807) is 6.07 Å². The zero-order chi connectivity index (χ0) is 12.0. The molecule has 16 heavy (non-hydrogen) atoms. The Morgan fingerprint density at radius 3 is 2.81 bits per heavy atom. The molecule has 0 aliphatic rings. The van der Waals surface area contributed by atoms with Gasteiger partial charge in [0.25, 0.3) is 0 Å². The van der Waals surface area contributed by atoms with Crippen LogP contribution in [0.1, 0.15) is 25.5 Å². The van der Waals surface area contributed by atoms with Crippen LogP contribution in [-0.2, 0) is 13.1 Å². The van der Waals surface area contributed by atoms with E-state index in [2.05, 4.69) is 17.3 Å². The molecule has 0 radical (unpaired) electrons. The summed E-state index contributed by atoms with van der Waals surface area (Å²) in [7, 11) is 0. The molecule has 0 saturated heterocycles. The van der Waals surface area contributed by atoms with Crippen LogP contribution in [-0.4, -0.2) is 22.5 Å². The van der Waals surface area contributed by atoms with Crippen molar-refractivity contribution < 1.29 is 13.2 Å². The third-order valence-electron chi connectivity index (χ3n) is 2.05. The van der Waals surface area contributed by atoms with E-state index in [1.165, 1.54) is 6.20 Å². The highest BCUT2D eigenvalue weighted by atomic mass is 19.4. The maximum absolute atomic E-state index is 12.0. The van der Waals surface area contributed by atoms with Crippen LogP contribution in [0.5, 0.6) is 0 Å². The molecular formula is C10H16F3N3. The van der Waals surface area contributed by atoms with Gasteiger partial charge < -0.3 is 5.32 Å². The number of halogens is 3. The Hall–Kier alpha value is -1.04. The first-order valence-corrected chi connectivity index (χ1v) is 5.31. The Morgan fingerprint density at radius 1 is 1.44 bits per heavy atom. The third kappa shape index (κ3) is 5.16. The molecule has 0 saturated carbocycles. The van der Waals surface area contributed by atoms with Crippen molar-refractivity contribution in [2.45, 2.75) is 39.0 Å². The smallest absolute Gasteiger partial charge is 0.311 e. The van der Waals surface area contributed by atoms with Crippen LogP contribution < -0.4 is 5.32 Å². The van der Waals surface area contributed by atoms with Crippen LogP contribution in [0.15, 0.2) is 12.3 Å². The summed E-state index contributed by atoms with van der Waals surface area (Å²) in [6, 6.07) is 1.60. The standard InChI is InChI=1S/C10H16F3N3/c1-2-3-5-14-7-9-4-6-16(15-9)8-10(11,12)13/h4,6,14H,2-3,5,7-8H2,1H3. The molecule has 0 unspecified atom stereocenters. The van der Waals surface area contributed by atoms with Crippen LogP contribution in [0.25, 0.3) is 0 Å². The molecule has 0 aromatic carbocycles. The van der Waals surface area contributed by atoms with Crippen LogP contribution in [0.2, 0.25) is 0 Å². The average molecular weight is 235 g/mol. The van der Waals surface area contributed by atoms with Crippen molar-refractivity contribution in [1.82, 2.24) is 15.1 Å². The van der Waals surface area contributed by atoms with Crippen LogP contribution in [0.3, 0.4) is 0 Å². The summed E-state index contributed by atoms with van der Waals surface area (Å²) in [6.07, 6.45) is -0.706. The number of nitrogens with zero attached hydrogens (tertiary/aromatic N) is 2. The Morgan fingerprint density at radius 2 is 2.19 bits per heavy atom. The predicted molar refractivity (Wildman–Crippen MR) is 54.9 cm³/mol. The number of hydrogen-bond donors (Lipinski definition) is 1. The molecule has 6 heteroatoms. The molecule has 92 valence electrons. The zero-order valence-corrected chi connectivity index (χ0v) is 9.22. The summed E-state index contributed by atoms with van der Waals surface area (Å²) < 4.78 is 37.0. The highest BCUT2D eigenvalue weighted by Crippen LogP contribution is 2.16. The number of unbranched alkanes of at least 4 members (excludes halogenated alkanes) is 1. The minimum Gasteiger partial charge on any atom is -0.311 e. The highest BCUT2D eigenvalue weighted by molar-refractivity contribution is 4.98. The molecule has 0 amide bonds. The fraction of sp³-hybridized carbons (Fsp3) is 0.700. The van der Waals surface area contributed by atoms with E-state index < -0.39 is 12.7 Å². The van der Waals surface area contributed by atoms with Crippen molar-refractivity contribution in [1.29, 1.82) is 0 Å². The number of aromatic nitrogens is 2. The van der Waals surface area contributed by atoms with E-state index in [0.717, 1.165) is 24.1 Å². The van der Waals surface area contributed by atoms with Crippen molar-refractivity contribution in [2.75, 3.05) is 6.54 Å². The largest absolute Gasteiger partial charge is 0.408 e. The molecular weight excluding hydrogens is 219 g/mol. The summed E-state index contributed by atoms with van der Waals surface area (Å²) >= 11 is 0. The van der Waals surface area contributed by atoms with Gasteiger partial charge in [-0.2, -0.15) is 18.3 Å². The third-order valence-corrected chi connectivity index (χ3v) is 2.05. The fourth-order valence-corrected chi connectivity index (χ4v) is 1.29. The molecule has 3 nitrogen and oxygen atoms in total. The molecule has 1 heterocycles. The molecule has 1 rings (SSSR count). The first kappa shape index (κ1) is 13.0. The second-order valence-electron chi connectivity index (χ2n) is 3.65. The molecule has 0 aliphatic carbocycles. The lowest BCUT2D eigenvalue weighted by molar-refractivity contribution is -0.142. The van der Waals surface area contributed by atoms with Gasteiger partial charge >= 0.3 is 6.18 Å². The maximum atomic E-state index is 12.0. The minimum absolute atomic E-state index is 0.519. The topological polar surface area (TPSA) is 29.9 Å². The van der Waals surface area contributed by atoms with E-state index in [9.17, 15) is 13.2 Å². The van der Waals surface area contributed by atoms with Crippen LogP contribution >= 0.6 is 0 Å². The lowest BCUT2D eigenvalue weighted by Crippen LogP contribution is -2.19. The molecule has 0 atom stereocenters.